The van der Waals surface area contributed by atoms with Gasteiger partial charge in [-0.05, 0) is 37.1 Å². The molecule has 0 saturated carbocycles. The third kappa shape index (κ3) is 4.19. The molecule has 0 fully saturated rings. The summed E-state index contributed by atoms with van der Waals surface area (Å²) in [5.41, 5.74) is 4.87. The molecule has 0 aliphatic rings. The van der Waals surface area contributed by atoms with Crippen molar-refractivity contribution in [2.45, 2.75) is 25.6 Å². The van der Waals surface area contributed by atoms with Gasteiger partial charge in [-0.15, -0.1) is 0 Å². The van der Waals surface area contributed by atoms with E-state index < -0.39 is 29.1 Å². The largest absolute Gasteiger partial charge is 0.451 e. The van der Waals surface area contributed by atoms with E-state index in [1.807, 2.05) is 0 Å². The second kappa shape index (κ2) is 6.54. The number of halogens is 5. The van der Waals surface area contributed by atoms with Crippen molar-refractivity contribution < 1.29 is 26.7 Å². The SMILES string of the molecule is CC(N)Cc1ccccc1Oc1c(F)cc(C(F)(F)F)cc1F. The van der Waals surface area contributed by atoms with Crippen molar-refractivity contribution in [2.24, 2.45) is 5.73 Å². The van der Waals surface area contributed by atoms with E-state index in [2.05, 4.69) is 0 Å². The van der Waals surface area contributed by atoms with Crippen molar-refractivity contribution in [1.82, 2.24) is 0 Å². The number of ether oxygens (including phenoxy) is 1. The Hall–Kier alpha value is -2.15. The summed E-state index contributed by atoms with van der Waals surface area (Å²) >= 11 is 0. The third-order valence-corrected chi connectivity index (χ3v) is 3.05. The standard InChI is InChI=1S/C16H14F5NO/c1-9(22)6-10-4-2-3-5-14(10)23-15-12(17)7-11(8-13(15)18)16(19,20)21/h2-5,7-9H,6,22H2,1H3. The summed E-state index contributed by atoms with van der Waals surface area (Å²) in [6.45, 7) is 1.75. The zero-order valence-electron chi connectivity index (χ0n) is 12.1. The first-order chi connectivity index (χ1) is 10.7. The maximum Gasteiger partial charge on any atom is 0.416 e. The zero-order chi connectivity index (χ0) is 17.2. The van der Waals surface area contributed by atoms with E-state index in [0.717, 1.165) is 0 Å². The molecule has 2 aromatic carbocycles. The Morgan fingerprint density at radius 3 is 2.17 bits per heavy atom. The minimum Gasteiger partial charge on any atom is -0.451 e. The summed E-state index contributed by atoms with van der Waals surface area (Å²) in [5, 5.41) is 0. The molecule has 0 aliphatic carbocycles. The minimum atomic E-state index is -4.84. The Kier molecular flexibility index (Phi) is 4.89. The van der Waals surface area contributed by atoms with Crippen LogP contribution >= 0.6 is 0 Å². The van der Waals surface area contributed by atoms with E-state index in [1.54, 1.807) is 25.1 Å². The summed E-state index contributed by atoms with van der Waals surface area (Å²) in [6, 6.07) is 6.60. The fourth-order valence-corrected chi connectivity index (χ4v) is 2.05. The van der Waals surface area contributed by atoms with Crippen LogP contribution < -0.4 is 10.5 Å². The molecule has 2 aromatic rings. The summed E-state index contributed by atoms with van der Waals surface area (Å²) in [6.07, 6.45) is -4.45. The van der Waals surface area contributed by atoms with Crippen LogP contribution in [-0.2, 0) is 12.6 Å². The molecule has 0 aromatic heterocycles. The maximum absolute atomic E-state index is 13.8. The summed E-state index contributed by atoms with van der Waals surface area (Å²) in [7, 11) is 0. The topological polar surface area (TPSA) is 35.2 Å². The molecular weight excluding hydrogens is 317 g/mol. The first kappa shape index (κ1) is 17.2. The summed E-state index contributed by atoms with van der Waals surface area (Å²) < 4.78 is 70.4. The smallest absolute Gasteiger partial charge is 0.416 e. The second-order valence-corrected chi connectivity index (χ2v) is 5.16. The molecular formula is C16H14F5NO. The van der Waals surface area contributed by atoms with Crippen molar-refractivity contribution in [2.75, 3.05) is 0 Å². The first-order valence-electron chi connectivity index (χ1n) is 6.76. The van der Waals surface area contributed by atoms with E-state index in [0.29, 0.717) is 12.0 Å². The Morgan fingerprint density at radius 1 is 1.09 bits per heavy atom. The molecule has 2 N–H and O–H groups in total. The lowest BCUT2D eigenvalue weighted by Crippen LogP contribution is -2.18. The molecule has 2 rings (SSSR count). The van der Waals surface area contributed by atoms with Gasteiger partial charge in [-0.3, -0.25) is 0 Å². The maximum atomic E-state index is 13.8. The van der Waals surface area contributed by atoms with Gasteiger partial charge in [-0.25, -0.2) is 8.78 Å². The number of hydrogen-bond donors (Lipinski definition) is 1. The normalized spacial score (nSPS) is 13.0. The molecule has 0 amide bonds. The van der Waals surface area contributed by atoms with Gasteiger partial charge in [0.1, 0.15) is 5.75 Å². The van der Waals surface area contributed by atoms with Crippen LogP contribution in [0.15, 0.2) is 36.4 Å². The van der Waals surface area contributed by atoms with Crippen LogP contribution in [0.4, 0.5) is 22.0 Å². The lowest BCUT2D eigenvalue weighted by Gasteiger charge is -2.15. The van der Waals surface area contributed by atoms with E-state index in [4.69, 9.17) is 10.5 Å². The van der Waals surface area contributed by atoms with Gasteiger partial charge < -0.3 is 10.5 Å². The highest BCUT2D eigenvalue weighted by atomic mass is 19.4. The van der Waals surface area contributed by atoms with Gasteiger partial charge in [0.25, 0.3) is 0 Å². The van der Waals surface area contributed by atoms with E-state index in [1.165, 1.54) is 6.07 Å². The fraction of sp³-hybridized carbons (Fsp3) is 0.250. The Labute approximate surface area is 129 Å². The minimum absolute atomic E-state index is 0.141. The number of alkyl halides is 3. The predicted octanol–water partition coefficient (Wildman–Crippen LogP) is 4.67. The van der Waals surface area contributed by atoms with Crippen LogP contribution in [0.5, 0.6) is 11.5 Å². The van der Waals surface area contributed by atoms with Gasteiger partial charge in [0.05, 0.1) is 5.56 Å². The Balaban J connectivity index is 2.38. The highest BCUT2D eigenvalue weighted by Crippen LogP contribution is 2.36. The monoisotopic (exact) mass is 331 g/mol. The average molecular weight is 331 g/mol. The number of hydrogen-bond acceptors (Lipinski definition) is 2. The third-order valence-electron chi connectivity index (χ3n) is 3.05. The highest BCUT2D eigenvalue weighted by molar-refractivity contribution is 5.40. The van der Waals surface area contributed by atoms with Crippen LogP contribution in [-0.4, -0.2) is 6.04 Å². The molecule has 0 heterocycles. The predicted molar refractivity (Wildman–Crippen MR) is 75.2 cm³/mol. The molecule has 0 aliphatic heterocycles. The van der Waals surface area contributed by atoms with Crippen molar-refractivity contribution in [1.29, 1.82) is 0 Å². The molecule has 0 radical (unpaired) electrons. The summed E-state index contributed by atoms with van der Waals surface area (Å²) in [5.74, 6) is -3.58. The highest BCUT2D eigenvalue weighted by Gasteiger charge is 2.33. The quantitative estimate of drug-likeness (QED) is 0.827. The molecule has 2 nitrogen and oxygen atoms in total. The lowest BCUT2D eigenvalue weighted by atomic mass is 10.1. The molecule has 124 valence electrons. The van der Waals surface area contributed by atoms with Gasteiger partial charge in [0, 0.05) is 6.04 Å². The van der Waals surface area contributed by atoms with Gasteiger partial charge in [0.2, 0.25) is 0 Å². The van der Waals surface area contributed by atoms with Gasteiger partial charge in [-0.2, -0.15) is 13.2 Å². The van der Waals surface area contributed by atoms with Gasteiger partial charge in [-0.1, -0.05) is 18.2 Å². The summed E-state index contributed by atoms with van der Waals surface area (Å²) in [4.78, 5) is 0. The number of benzene rings is 2. The first-order valence-corrected chi connectivity index (χ1v) is 6.76. The van der Waals surface area contributed by atoms with E-state index in [9.17, 15) is 22.0 Å². The zero-order valence-corrected chi connectivity index (χ0v) is 12.1. The average Bonchev–Trinajstić information content (AvgIpc) is 2.42. The number of para-hydroxylation sites is 1. The van der Waals surface area contributed by atoms with Crippen LogP contribution in [0.3, 0.4) is 0 Å². The Bertz CT molecular complexity index is 674. The Morgan fingerprint density at radius 2 is 1.65 bits per heavy atom. The van der Waals surface area contributed by atoms with E-state index >= 15 is 0 Å². The fourth-order valence-electron chi connectivity index (χ4n) is 2.05. The van der Waals surface area contributed by atoms with Crippen LogP contribution in [0.2, 0.25) is 0 Å². The van der Waals surface area contributed by atoms with Gasteiger partial charge in [0.15, 0.2) is 17.4 Å². The molecule has 1 atom stereocenters. The van der Waals surface area contributed by atoms with Crippen LogP contribution in [0, 0.1) is 11.6 Å². The molecule has 0 bridgehead atoms. The molecule has 23 heavy (non-hydrogen) atoms. The molecule has 0 saturated heterocycles. The molecule has 7 heteroatoms. The van der Waals surface area contributed by atoms with Crippen molar-refractivity contribution in [3.63, 3.8) is 0 Å². The molecule has 1 unspecified atom stereocenters. The number of nitrogens with two attached hydrogens (primary N) is 1. The van der Waals surface area contributed by atoms with Crippen molar-refractivity contribution in [3.05, 3.63) is 59.2 Å². The van der Waals surface area contributed by atoms with Crippen molar-refractivity contribution in [3.8, 4) is 11.5 Å². The second-order valence-electron chi connectivity index (χ2n) is 5.16. The van der Waals surface area contributed by atoms with Gasteiger partial charge >= 0.3 is 6.18 Å². The lowest BCUT2D eigenvalue weighted by molar-refractivity contribution is -0.138. The van der Waals surface area contributed by atoms with Crippen LogP contribution in [0.1, 0.15) is 18.1 Å². The van der Waals surface area contributed by atoms with E-state index in [-0.39, 0.29) is 23.9 Å². The van der Waals surface area contributed by atoms with Crippen LogP contribution in [0.25, 0.3) is 0 Å². The van der Waals surface area contributed by atoms with Crippen molar-refractivity contribution >= 4 is 0 Å². The number of rotatable bonds is 4. The molecule has 0 spiro atoms.